The number of benzene rings is 2. The predicted molar refractivity (Wildman–Crippen MR) is 143 cm³/mol. The van der Waals surface area contributed by atoms with E-state index < -0.39 is 0 Å². The monoisotopic (exact) mass is 499 g/mol. The van der Waals surface area contributed by atoms with Crippen LogP contribution in [0, 0.1) is 0 Å². The van der Waals surface area contributed by atoms with Crippen LogP contribution in [0.25, 0.3) is 22.2 Å². The number of likely N-dealkylation sites (tertiary alicyclic amines) is 1. The van der Waals surface area contributed by atoms with Crippen LogP contribution in [0.5, 0.6) is 11.5 Å². The molecule has 1 fully saturated rings. The number of hydrogen-bond donors (Lipinski definition) is 2. The third-order valence-corrected chi connectivity index (χ3v) is 6.49. The Morgan fingerprint density at radius 3 is 2.68 bits per heavy atom. The number of amides is 1. The van der Waals surface area contributed by atoms with Crippen molar-refractivity contribution in [3.05, 3.63) is 67.7 Å². The Morgan fingerprint density at radius 2 is 1.97 bits per heavy atom. The van der Waals surface area contributed by atoms with Gasteiger partial charge in [-0.15, -0.1) is 0 Å². The van der Waals surface area contributed by atoms with Gasteiger partial charge in [0.2, 0.25) is 5.91 Å². The standard InChI is InChI=1S/C28H29N5O4/c1-4-27(34)33-11-9-19(10-12-33)37-26-15-20-21(16-22(26)29-2)30-17-31-28(20)32-23-14-18(7-8-25(23)35-3)24-6-5-13-36-24/h4-8,13-17,19,29H,1,9-12H2,2-3H3,(H,30,31,32). The van der Waals surface area contributed by atoms with Gasteiger partial charge >= 0.3 is 0 Å². The zero-order valence-corrected chi connectivity index (χ0v) is 20.9. The van der Waals surface area contributed by atoms with Gasteiger partial charge in [0.1, 0.15) is 35.5 Å². The summed E-state index contributed by atoms with van der Waals surface area (Å²) in [6, 6.07) is 13.5. The second-order valence-electron chi connectivity index (χ2n) is 8.70. The summed E-state index contributed by atoms with van der Waals surface area (Å²) in [5, 5.41) is 7.43. The van der Waals surface area contributed by atoms with Crippen molar-refractivity contribution in [2.75, 3.05) is 37.9 Å². The molecule has 9 heteroatoms. The van der Waals surface area contributed by atoms with Crippen LogP contribution in [0.1, 0.15) is 12.8 Å². The molecule has 0 unspecified atom stereocenters. The van der Waals surface area contributed by atoms with E-state index in [2.05, 4.69) is 27.2 Å². The molecular weight excluding hydrogens is 470 g/mol. The summed E-state index contributed by atoms with van der Waals surface area (Å²) in [4.78, 5) is 22.7. The number of carbonyl (C=O) groups is 1. The average Bonchev–Trinajstić information content (AvgIpc) is 3.48. The van der Waals surface area contributed by atoms with Crippen molar-refractivity contribution in [3.8, 4) is 22.8 Å². The lowest BCUT2D eigenvalue weighted by Crippen LogP contribution is -2.41. The maximum atomic E-state index is 11.9. The molecular formula is C28H29N5O4. The highest BCUT2D eigenvalue weighted by Gasteiger charge is 2.24. The molecule has 2 aromatic carbocycles. The summed E-state index contributed by atoms with van der Waals surface area (Å²) in [6.07, 6.45) is 6.01. The van der Waals surface area contributed by atoms with Crippen molar-refractivity contribution < 1.29 is 18.7 Å². The first-order valence-electron chi connectivity index (χ1n) is 12.1. The number of carbonyl (C=O) groups excluding carboxylic acids is 1. The molecule has 9 nitrogen and oxygen atoms in total. The van der Waals surface area contributed by atoms with Crippen LogP contribution in [0.4, 0.5) is 17.2 Å². The Bertz CT molecular complexity index is 1410. The smallest absolute Gasteiger partial charge is 0.245 e. The summed E-state index contributed by atoms with van der Waals surface area (Å²) in [7, 11) is 3.48. The lowest BCUT2D eigenvalue weighted by molar-refractivity contribution is -0.127. The molecule has 0 bridgehead atoms. The van der Waals surface area contributed by atoms with Gasteiger partial charge in [-0.2, -0.15) is 0 Å². The van der Waals surface area contributed by atoms with Crippen molar-refractivity contribution >= 4 is 34.0 Å². The van der Waals surface area contributed by atoms with Gasteiger partial charge in [-0.3, -0.25) is 4.79 Å². The molecule has 3 heterocycles. The molecule has 0 radical (unpaired) electrons. The quantitative estimate of drug-likeness (QED) is 0.318. The van der Waals surface area contributed by atoms with Crippen LogP contribution in [-0.2, 0) is 4.79 Å². The molecule has 2 N–H and O–H groups in total. The first kappa shape index (κ1) is 24.2. The molecule has 0 saturated carbocycles. The molecule has 190 valence electrons. The van der Waals surface area contributed by atoms with Crippen LogP contribution in [-0.4, -0.2) is 54.1 Å². The molecule has 1 amide bonds. The van der Waals surface area contributed by atoms with Crippen molar-refractivity contribution in [1.29, 1.82) is 0 Å². The van der Waals surface area contributed by atoms with E-state index in [0.29, 0.717) is 30.4 Å². The van der Waals surface area contributed by atoms with Gasteiger partial charge < -0.3 is 29.4 Å². The lowest BCUT2D eigenvalue weighted by atomic mass is 10.1. The number of furan rings is 1. The number of aromatic nitrogens is 2. The van der Waals surface area contributed by atoms with E-state index in [1.807, 2.05) is 49.5 Å². The maximum absolute atomic E-state index is 11.9. The third-order valence-electron chi connectivity index (χ3n) is 6.49. The molecule has 4 aromatic rings. The normalized spacial score (nSPS) is 13.8. The van der Waals surface area contributed by atoms with Gasteiger partial charge in [-0.1, -0.05) is 6.58 Å². The molecule has 1 aliphatic heterocycles. The molecule has 0 spiro atoms. The fraction of sp³-hybridized carbons (Fsp3) is 0.250. The van der Waals surface area contributed by atoms with Gasteiger partial charge in [0.25, 0.3) is 0 Å². The number of rotatable bonds is 8. The van der Waals surface area contributed by atoms with Crippen LogP contribution < -0.4 is 20.1 Å². The van der Waals surface area contributed by atoms with E-state index in [0.717, 1.165) is 46.4 Å². The molecule has 2 aromatic heterocycles. The number of hydrogen-bond acceptors (Lipinski definition) is 8. The van der Waals surface area contributed by atoms with Crippen molar-refractivity contribution in [2.45, 2.75) is 18.9 Å². The second-order valence-corrected chi connectivity index (χ2v) is 8.70. The molecule has 5 rings (SSSR count). The van der Waals surface area contributed by atoms with Crippen LogP contribution >= 0.6 is 0 Å². The summed E-state index contributed by atoms with van der Waals surface area (Å²) in [5.74, 6) is 2.72. The Morgan fingerprint density at radius 1 is 1.14 bits per heavy atom. The van der Waals surface area contributed by atoms with E-state index in [1.54, 1.807) is 18.3 Å². The largest absolute Gasteiger partial charge is 0.495 e. The molecule has 0 aliphatic carbocycles. The average molecular weight is 500 g/mol. The first-order valence-corrected chi connectivity index (χ1v) is 12.1. The Balaban J connectivity index is 1.45. The van der Waals surface area contributed by atoms with E-state index >= 15 is 0 Å². The number of nitrogens with zero attached hydrogens (tertiary/aromatic N) is 3. The highest BCUT2D eigenvalue weighted by atomic mass is 16.5. The van der Waals surface area contributed by atoms with E-state index in [-0.39, 0.29) is 12.0 Å². The summed E-state index contributed by atoms with van der Waals surface area (Å²) < 4.78 is 17.6. The van der Waals surface area contributed by atoms with Crippen molar-refractivity contribution in [1.82, 2.24) is 14.9 Å². The minimum absolute atomic E-state index is 0.00970. The zero-order valence-electron chi connectivity index (χ0n) is 20.9. The predicted octanol–water partition coefficient (Wildman–Crippen LogP) is 5.24. The molecule has 37 heavy (non-hydrogen) atoms. The fourth-order valence-corrected chi connectivity index (χ4v) is 4.51. The number of nitrogens with one attached hydrogen (secondary N) is 2. The van der Waals surface area contributed by atoms with Gasteiger partial charge in [-0.05, 0) is 48.5 Å². The fourth-order valence-electron chi connectivity index (χ4n) is 4.51. The van der Waals surface area contributed by atoms with Gasteiger partial charge in [-0.25, -0.2) is 9.97 Å². The first-order chi connectivity index (χ1) is 18.1. The Kier molecular flexibility index (Phi) is 6.93. The van der Waals surface area contributed by atoms with Crippen LogP contribution in [0.2, 0.25) is 0 Å². The van der Waals surface area contributed by atoms with Gasteiger partial charge in [0, 0.05) is 43.9 Å². The van der Waals surface area contributed by atoms with E-state index in [1.165, 1.54) is 12.4 Å². The van der Waals surface area contributed by atoms with Crippen molar-refractivity contribution in [3.63, 3.8) is 0 Å². The zero-order chi connectivity index (χ0) is 25.8. The number of fused-ring (bicyclic) bond motifs is 1. The SMILES string of the molecule is C=CC(=O)N1CCC(Oc2cc3c(Nc4cc(-c5ccco5)ccc4OC)ncnc3cc2NC)CC1. The number of methoxy groups -OCH3 is 1. The van der Waals surface area contributed by atoms with Gasteiger partial charge in [0.05, 0.1) is 30.3 Å². The van der Waals surface area contributed by atoms with E-state index in [9.17, 15) is 4.79 Å². The van der Waals surface area contributed by atoms with Crippen LogP contribution in [0.3, 0.4) is 0 Å². The summed E-state index contributed by atoms with van der Waals surface area (Å²) in [5.41, 5.74) is 3.26. The minimum Gasteiger partial charge on any atom is -0.495 e. The second kappa shape index (κ2) is 10.6. The number of anilines is 3. The topological polar surface area (TPSA) is 102 Å². The van der Waals surface area contributed by atoms with Gasteiger partial charge in [0.15, 0.2) is 0 Å². The van der Waals surface area contributed by atoms with E-state index in [4.69, 9.17) is 13.9 Å². The number of ether oxygens (including phenoxy) is 2. The Hall–Kier alpha value is -4.53. The highest BCUT2D eigenvalue weighted by Crippen LogP contribution is 2.37. The molecule has 1 aliphatic rings. The lowest BCUT2D eigenvalue weighted by Gasteiger charge is -2.32. The third kappa shape index (κ3) is 5.06. The molecule has 0 atom stereocenters. The maximum Gasteiger partial charge on any atom is 0.245 e. The minimum atomic E-state index is -0.0421. The summed E-state index contributed by atoms with van der Waals surface area (Å²) in [6.45, 7) is 4.86. The Labute approximate surface area is 215 Å². The number of piperidine rings is 1. The van der Waals surface area contributed by atoms with Crippen LogP contribution in [0.15, 0.2) is 72.1 Å². The van der Waals surface area contributed by atoms with Crippen molar-refractivity contribution in [2.24, 2.45) is 0 Å². The molecule has 1 saturated heterocycles. The summed E-state index contributed by atoms with van der Waals surface area (Å²) >= 11 is 0. The highest BCUT2D eigenvalue weighted by molar-refractivity contribution is 5.95.